The third-order valence-corrected chi connectivity index (χ3v) is 3.89. The van der Waals surface area contributed by atoms with Crippen LogP contribution in [-0.2, 0) is 11.3 Å². The highest BCUT2D eigenvalue weighted by Gasteiger charge is 2.12. The number of benzene rings is 2. The summed E-state index contributed by atoms with van der Waals surface area (Å²) in [6, 6.07) is 10.3. The Morgan fingerprint density at radius 2 is 2.12 bits per heavy atom. The van der Waals surface area contributed by atoms with E-state index in [1.54, 1.807) is 16.8 Å². The molecule has 0 saturated heterocycles. The van der Waals surface area contributed by atoms with Crippen molar-refractivity contribution in [1.82, 2.24) is 9.78 Å². The van der Waals surface area contributed by atoms with E-state index in [1.165, 1.54) is 12.1 Å². The van der Waals surface area contributed by atoms with E-state index in [1.807, 2.05) is 25.1 Å². The van der Waals surface area contributed by atoms with Crippen LogP contribution in [0, 0.1) is 12.7 Å². The van der Waals surface area contributed by atoms with Crippen LogP contribution in [0.3, 0.4) is 0 Å². The van der Waals surface area contributed by atoms with Gasteiger partial charge in [-0.15, -0.1) is 0 Å². The topological polar surface area (TPSA) is 55.1 Å². The summed E-state index contributed by atoms with van der Waals surface area (Å²) < 4.78 is 15.7. The highest BCUT2D eigenvalue weighted by Crippen LogP contribution is 2.23. The molecule has 0 saturated carbocycles. The second-order valence-electron chi connectivity index (χ2n) is 5.47. The van der Waals surface area contributed by atoms with Crippen LogP contribution in [-0.4, -0.2) is 20.9 Å². The van der Waals surface area contributed by atoms with Gasteiger partial charge in [0.1, 0.15) is 5.82 Å². The van der Waals surface area contributed by atoms with Gasteiger partial charge < -0.3 is 5.11 Å². The van der Waals surface area contributed by atoms with Crippen LogP contribution in [0.25, 0.3) is 17.0 Å². The lowest BCUT2D eigenvalue weighted by atomic mass is 10.1. The van der Waals surface area contributed by atoms with Crippen molar-refractivity contribution in [3.8, 4) is 0 Å². The third-order valence-electron chi connectivity index (χ3n) is 3.65. The maximum atomic E-state index is 14.1. The van der Waals surface area contributed by atoms with Crippen molar-refractivity contribution in [1.29, 1.82) is 0 Å². The van der Waals surface area contributed by atoms with E-state index >= 15 is 0 Å². The van der Waals surface area contributed by atoms with Gasteiger partial charge in [-0.1, -0.05) is 29.8 Å². The maximum absolute atomic E-state index is 14.1. The molecule has 0 bridgehead atoms. The second-order valence-corrected chi connectivity index (χ2v) is 5.91. The van der Waals surface area contributed by atoms with Crippen LogP contribution in [0.2, 0.25) is 5.02 Å². The summed E-state index contributed by atoms with van der Waals surface area (Å²) >= 11 is 5.78. The Kier molecular flexibility index (Phi) is 4.36. The average Bonchev–Trinajstić information content (AvgIpc) is 2.85. The van der Waals surface area contributed by atoms with Crippen LogP contribution < -0.4 is 0 Å². The van der Waals surface area contributed by atoms with Gasteiger partial charge in [0.05, 0.1) is 17.8 Å². The SMILES string of the molecule is Cc1ccc2c(C=CC(=O)O)nn(Cc3ccc(Cl)cc3F)c2c1. The second kappa shape index (κ2) is 6.45. The minimum Gasteiger partial charge on any atom is -0.478 e. The number of fused-ring (bicyclic) bond motifs is 1. The Morgan fingerprint density at radius 1 is 1.33 bits per heavy atom. The van der Waals surface area contributed by atoms with Gasteiger partial charge in [0.2, 0.25) is 0 Å². The van der Waals surface area contributed by atoms with Crippen molar-refractivity contribution >= 4 is 34.5 Å². The Morgan fingerprint density at radius 3 is 2.83 bits per heavy atom. The van der Waals surface area contributed by atoms with Crippen LogP contribution in [0.15, 0.2) is 42.5 Å². The number of hydrogen-bond acceptors (Lipinski definition) is 2. The normalized spacial score (nSPS) is 11.5. The molecule has 1 aromatic heterocycles. The van der Waals surface area contributed by atoms with E-state index in [0.717, 1.165) is 22.5 Å². The lowest BCUT2D eigenvalue weighted by Crippen LogP contribution is -2.04. The molecule has 0 unspecified atom stereocenters. The third kappa shape index (κ3) is 3.31. The van der Waals surface area contributed by atoms with Gasteiger partial charge in [0.25, 0.3) is 0 Å². The Hall–Kier alpha value is -2.66. The molecule has 24 heavy (non-hydrogen) atoms. The maximum Gasteiger partial charge on any atom is 0.328 e. The van der Waals surface area contributed by atoms with Crippen LogP contribution >= 0.6 is 11.6 Å². The lowest BCUT2D eigenvalue weighted by molar-refractivity contribution is -0.131. The Bertz CT molecular complexity index is 963. The molecule has 3 aromatic rings. The van der Waals surface area contributed by atoms with Gasteiger partial charge in [0, 0.05) is 22.0 Å². The summed E-state index contributed by atoms with van der Waals surface area (Å²) in [5, 5.41) is 14.4. The van der Waals surface area contributed by atoms with Crippen molar-refractivity contribution in [3.05, 3.63) is 70.1 Å². The number of aliphatic carboxylic acids is 1. The van der Waals surface area contributed by atoms with Crippen molar-refractivity contribution in [2.24, 2.45) is 0 Å². The Labute approximate surface area is 142 Å². The van der Waals surface area contributed by atoms with E-state index in [0.29, 0.717) is 16.3 Å². The first kappa shape index (κ1) is 16.2. The molecule has 1 heterocycles. The first-order valence-corrected chi connectivity index (χ1v) is 7.64. The summed E-state index contributed by atoms with van der Waals surface area (Å²) in [6.07, 6.45) is 2.48. The zero-order chi connectivity index (χ0) is 17.3. The molecule has 0 amide bonds. The van der Waals surface area contributed by atoms with Crippen molar-refractivity contribution < 1.29 is 14.3 Å². The van der Waals surface area contributed by atoms with Gasteiger partial charge in [-0.2, -0.15) is 5.10 Å². The number of carboxylic acid groups (broad SMARTS) is 1. The molecule has 0 atom stereocenters. The molecular weight excluding hydrogens is 331 g/mol. The predicted molar refractivity (Wildman–Crippen MR) is 91.7 cm³/mol. The molecule has 0 aliphatic rings. The smallest absolute Gasteiger partial charge is 0.328 e. The molecule has 0 aliphatic heterocycles. The predicted octanol–water partition coefficient (Wildman–Crippen LogP) is 4.28. The number of aromatic nitrogens is 2. The number of carboxylic acids is 1. The number of hydrogen-bond donors (Lipinski definition) is 1. The Balaban J connectivity index is 2.09. The van der Waals surface area contributed by atoms with E-state index < -0.39 is 11.8 Å². The average molecular weight is 345 g/mol. The summed E-state index contributed by atoms with van der Waals surface area (Å²) in [6.45, 7) is 2.18. The standard InChI is InChI=1S/C18H14ClFN2O2/c1-11-2-5-14-16(6-7-18(23)24)21-22(17(14)8-11)10-12-3-4-13(19)9-15(12)20/h2-9H,10H2,1H3,(H,23,24). The molecule has 122 valence electrons. The molecule has 3 rings (SSSR count). The van der Waals surface area contributed by atoms with E-state index in [-0.39, 0.29) is 6.54 Å². The summed E-state index contributed by atoms with van der Waals surface area (Å²) in [5.74, 6) is -1.45. The first-order chi connectivity index (χ1) is 11.4. The van der Waals surface area contributed by atoms with Gasteiger partial charge in [-0.05, 0) is 36.8 Å². The minimum absolute atomic E-state index is 0.226. The fourth-order valence-electron chi connectivity index (χ4n) is 2.51. The highest BCUT2D eigenvalue weighted by atomic mass is 35.5. The monoisotopic (exact) mass is 344 g/mol. The minimum atomic E-state index is -1.05. The summed E-state index contributed by atoms with van der Waals surface area (Å²) in [5.41, 5.74) is 2.84. The van der Waals surface area contributed by atoms with Crippen molar-refractivity contribution in [2.45, 2.75) is 13.5 Å². The highest BCUT2D eigenvalue weighted by molar-refractivity contribution is 6.30. The van der Waals surface area contributed by atoms with Gasteiger partial charge in [-0.25, -0.2) is 9.18 Å². The first-order valence-electron chi connectivity index (χ1n) is 7.26. The van der Waals surface area contributed by atoms with Crippen molar-refractivity contribution in [2.75, 3.05) is 0 Å². The number of rotatable bonds is 4. The molecular formula is C18H14ClFN2O2. The molecule has 1 N–H and O–H groups in total. The van der Waals surface area contributed by atoms with E-state index in [4.69, 9.17) is 16.7 Å². The van der Waals surface area contributed by atoms with Crippen molar-refractivity contribution in [3.63, 3.8) is 0 Å². The summed E-state index contributed by atoms with van der Waals surface area (Å²) in [7, 11) is 0. The molecule has 0 spiro atoms. The fourth-order valence-corrected chi connectivity index (χ4v) is 2.67. The molecule has 0 radical (unpaired) electrons. The zero-order valence-corrected chi connectivity index (χ0v) is 13.6. The molecule has 0 fully saturated rings. The molecule has 4 nitrogen and oxygen atoms in total. The van der Waals surface area contributed by atoms with Gasteiger partial charge >= 0.3 is 5.97 Å². The molecule has 0 aliphatic carbocycles. The van der Waals surface area contributed by atoms with Gasteiger partial charge in [-0.3, -0.25) is 4.68 Å². The number of aryl methyl sites for hydroxylation is 1. The zero-order valence-electron chi connectivity index (χ0n) is 12.8. The largest absolute Gasteiger partial charge is 0.478 e. The molecule has 6 heteroatoms. The fraction of sp³-hybridized carbons (Fsp3) is 0.111. The van der Waals surface area contributed by atoms with E-state index in [9.17, 15) is 9.18 Å². The number of nitrogens with zero attached hydrogens (tertiary/aromatic N) is 2. The number of carbonyl (C=O) groups is 1. The quantitative estimate of drug-likeness (QED) is 0.718. The summed E-state index contributed by atoms with van der Waals surface area (Å²) in [4.78, 5) is 10.8. The van der Waals surface area contributed by atoms with Crippen LogP contribution in [0.1, 0.15) is 16.8 Å². The number of halogens is 2. The van der Waals surface area contributed by atoms with E-state index in [2.05, 4.69) is 5.10 Å². The molecule has 2 aromatic carbocycles. The van der Waals surface area contributed by atoms with Crippen LogP contribution in [0.4, 0.5) is 4.39 Å². The van der Waals surface area contributed by atoms with Gasteiger partial charge in [0.15, 0.2) is 0 Å². The lowest BCUT2D eigenvalue weighted by Gasteiger charge is -2.06. The van der Waals surface area contributed by atoms with Crippen LogP contribution in [0.5, 0.6) is 0 Å².